The first-order chi connectivity index (χ1) is 7.72. The molecule has 0 spiro atoms. The molecule has 0 aromatic rings. The van der Waals surface area contributed by atoms with E-state index >= 15 is 0 Å². The monoisotopic (exact) mass is 229 g/mol. The molecule has 1 heterocycles. The van der Waals surface area contributed by atoms with E-state index in [1.54, 1.807) is 0 Å². The molecule has 1 rings (SSSR count). The largest absolute Gasteiger partial charge is 0.481 e. The van der Waals surface area contributed by atoms with Crippen molar-refractivity contribution in [2.24, 2.45) is 5.92 Å². The highest BCUT2D eigenvalue weighted by Crippen LogP contribution is 2.19. The van der Waals surface area contributed by atoms with Crippen molar-refractivity contribution in [3.8, 4) is 0 Å². The smallest absolute Gasteiger partial charge is 0.303 e. The topological polar surface area (TPSA) is 49.8 Å². The second-order valence-electron chi connectivity index (χ2n) is 4.52. The lowest BCUT2D eigenvalue weighted by Crippen LogP contribution is -2.38. The van der Waals surface area contributed by atoms with Crippen molar-refractivity contribution in [2.45, 2.75) is 32.6 Å². The van der Waals surface area contributed by atoms with Gasteiger partial charge >= 0.3 is 5.97 Å². The molecule has 1 aliphatic rings. The van der Waals surface area contributed by atoms with Gasteiger partial charge < -0.3 is 14.7 Å². The van der Waals surface area contributed by atoms with Crippen LogP contribution in [-0.2, 0) is 9.53 Å². The fourth-order valence-electron chi connectivity index (χ4n) is 2.21. The molecule has 0 radical (unpaired) electrons. The third-order valence-electron chi connectivity index (χ3n) is 2.97. The van der Waals surface area contributed by atoms with Gasteiger partial charge in [-0.2, -0.15) is 0 Å². The second kappa shape index (κ2) is 7.63. The van der Waals surface area contributed by atoms with Crippen LogP contribution in [0.3, 0.4) is 0 Å². The zero-order chi connectivity index (χ0) is 11.8. The van der Waals surface area contributed by atoms with Crippen LogP contribution in [0, 0.1) is 5.92 Å². The quantitative estimate of drug-likeness (QED) is 0.674. The van der Waals surface area contributed by atoms with Gasteiger partial charge in [0.25, 0.3) is 0 Å². The summed E-state index contributed by atoms with van der Waals surface area (Å²) in [5.74, 6) is -0.341. The van der Waals surface area contributed by atoms with Crippen LogP contribution in [0.1, 0.15) is 32.6 Å². The van der Waals surface area contributed by atoms with E-state index in [4.69, 9.17) is 9.84 Å². The average Bonchev–Trinajstić information content (AvgIpc) is 2.24. The van der Waals surface area contributed by atoms with E-state index < -0.39 is 5.97 Å². The lowest BCUT2D eigenvalue weighted by Gasteiger charge is -2.31. The summed E-state index contributed by atoms with van der Waals surface area (Å²) in [7, 11) is 0. The molecule has 94 valence electrons. The molecule has 0 bridgehead atoms. The first-order valence-electron chi connectivity index (χ1n) is 6.24. The fourth-order valence-corrected chi connectivity index (χ4v) is 2.21. The van der Waals surface area contributed by atoms with E-state index in [-0.39, 0.29) is 0 Å². The molecule has 16 heavy (non-hydrogen) atoms. The number of hydrogen-bond acceptors (Lipinski definition) is 3. The van der Waals surface area contributed by atoms with Crippen molar-refractivity contribution < 1.29 is 14.6 Å². The van der Waals surface area contributed by atoms with E-state index in [9.17, 15) is 4.79 Å². The number of aliphatic carboxylic acids is 1. The van der Waals surface area contributed by atoms with Gasteiger partial charge in [0.1, 0.15) is 0 Å². The Bertz CT molecular complexity index is 208. The molecule has 1 saturated heterocycles. The van der Waals surface area contributed by atoms with E-state index in [1.807, 2.05) is 0 Å². The maximum absolute atomic E-state index is 10.6. The van der Waals surface area contributed by atoms with Gasteiger partial charge in [0.05, 0.1) is 6.61 Å². The Hall–Kier alpha value is -0.610. The molecule has 0 saturated carbocycles. The molecule has 4 heteroatoms. The minimum atomic E-state index is -0.672. The van der Waals surface area contributed by atoms with E-state index in [0.717, 1.165) is 52.1 Å². The van der Waals surface area contributed by atoms with Gasteiger partial charge in [0.15, 0.2) is 0 Å². The van der Waals surface area contributed by atoms with Gasteiger partial charge in [-0.15, -0.1) is 0 Å². The first-order valence-corrected chi connectivity index (χ1v) is 6.24. The molecule has 1 aliphatic heterocycles. The molecule has 4 nitrogen and oxygen atoms in total. The summed E-state index contributed by atoms with van der Waals surface area (Å²) in [6.45, 7) is 6.65. The van der Waals surface area contributed by atoms with Gasteiger partial charge in [0.2, 0.25) is 0 Å². The van der Waals surface area contributed by atoms with Crippen LogP contribution in [0.25, 0.3) is 0 Å². The SMILES string of the molecule is CCCOCCN1CCCC(CC(=O)O)C1. The van der Waals surface area contributed by atoms with E-state index in [2.05, 4.69) is 11.8 Å². The van der Waals surface area contributed by atoms with Crippen LogP contribution in [0.15, 0.2) is 0 Å². The Balaban J connectivity index is 2.14. The second-order valence-corrected chi connectivity index (χ2v) is 4.52. The van der Waals surface area contributed by atoms with Gasteiger partial charge in [-0.3, -0.25) is 4.79 Å². The maximum atomic E-state index is 10.6. The number of nitrogens with zero attached hydrogens (tertiary/aromatic N) is 1. The van der Waals surface area contributed by atoms with Crippen LogP contribution in [-0.4, -0.2) is 48.8 Å². The fraction of sp³-hybridized carbons (Fsp3) is 0.917. The third kappa shape index (κ3) is 5.47. The summed E-state index contributed by atoms with van der Waals surface area (Å²) >= 11 is 0. The standard InChI is InChI=1S/C12H23NO3/c1-2-7-16-8-6-13-5-3-4-11(10-13)9-12(14)15/h11H,2-10H2,1H3,(H,14,15). The lowest BCUT2D eigenvalue weighted by atomic mass is 9.95. The zero-order valence-corrected chi connectivity index (χ0v) is 10.2. The van der Waals surface area contributed by atoms with Gasteiger partial charge in [0, 0.05) is 26.1 Å². The molecule has 1 fully saturated rings. The van der Waals surface area contributed by atoms with E-state index in [0.29, 0.717) is 12.3 Å². The minimum Gasteiger partial charge on any atom is -0.481 e. The van der Waals surface area contributed by atoms with Crippen molar-refractivity contribution in [1.29, 1.82) is 0 Å². The summed E-state index contributed by atoms with van der Waals surface area (Å²) in [6.07, 6.45) is 3.54. The van der Waals surface area contributed by atoms with Gasteiger partial charge in [-0.05, 0) is 31.7 Å². The van der Waals surface area contributed by atoms with Crippen LogP contribution < -0.4 is 0 Å². The van der Waals surface area contributed by atoms with E-state index in [1.165, 1.54) is 0 Å². The van der Waals surface area contributed by atoms with Crippen molar-refractivity contribution in [2.75, 3.05) is 32.8 Å². The van der Waals surface area contributed by atoms with Crippen molar-refractivity contribution >= 4 is 5.97 Å². The Morgan fingerprint density at radius 1 is 1.50 bits per heavy atom. The maximum Gasteiger partial charge on any atom is 0.303 e. The highest BCUT2D eigenvalue weighted by atomic mass is 16.5. The Labute approximate surface area is 97.6 Å². The van der Waals surface area contributed by atoms with Crippen molar-refractivity contribution in [3.63, 3.8) is 0 Å². The molecule has 0 amide bonds. The predicted octanol–water partition coefficient (Wildman–Crippen LogP) is 1.60. The Kier molecular flexibility index (Phi) is 6.42. The molecular formula is C12H23NO3. The van der Waals surface area contributed by atoms with Crippen molar-refractivity contribution in [3.05, 3.63) is 0 Å². The zero-order valence-electron chi connectivity index (χ0n) is 10.2. The van der Waals surface area contributed by atoms with Crippen LogP contribution in [0.5, 0.6) is 0 Å². The number of hydrogen-bond donors (Lipinski definition) is 1. The minimum absolute atomic E-state index is 0.312. The summed E-state index contributed by atoms with van der Waals surface area (Å²) in [6, 6.07) is 0. The summed E-state index contributed by atoms with van der Waals surface area (Å²) in [5.41, 5.74) is 0. The lowest BCUT2D eigenvalue weighted by molar-refractivity contribution is -0.138. The number of ether oxygens (including phenoxy) is 1. The molecule has 0 aromatic carbocycles. The highest BCUT2D eigenvalue weighted by molar-refractivity contribution is 5.67. The van der Waals surface area contributed by atoms with Gasteiger partial charge in [-0.25, -0.2) is 0 Å². The molecule has 1 unspecified atom stereocenters. The van der Waals surface area contributed by atoms with Gasteiger partial charge in [-0.1, -0.05) is 6.92 Å². The third-order valence-corrected chi connectivity index (χ3v) is 2.97. The molecule has 1 N–H and O–H groups in total. The predicted molar refractivity (Wildman–Crippen MR) is 62.5 cm³/mol. The molecule has 1 atom stereocenters. The summed E-state index contributed by atoms with van der Waals surface area (Å²) in [5, 5.41) is 8.75. The molecule has 0 aromatic heterocycles. The Morgan fingerprint density at radius 3 is 3.00 bits per heavy atom. The van der Waals surface area contributed by atoms with Crippen LogP contribution in [0.4, 0.5) is 0 Å². The van der Waals surface area contributed by atoms with Crippen LogP contribution in [0.2, 0.25) is 0 Å². The first kappa shape index (κ1) is 13.5. The number of carboxylic acids is 1. The summed E-state index contributed by atoms with van der Waals surface area (Å²) in [4.78, 5) is 13.0. The Morgan fingerprint density at radius 2 is 2.31 bits per heavy atom. The normalized spacial score (nSPS) is 22.2. The van der Waals surface area contributed by atoms with Crippen molar-refractivity contribution in [1.82, 2.24) is 4.90 Å². The number of carboxylic acid groups (broad SMARTS) is 1. The molecular weight excluding hydrogens is 206 g/mol. The molecule has 0 aliphatic carbocycles. The number of rotatable bonds is 7. The number of likely N-dealkylation sites (tertiary alicyclic amines) is 1. The highest BCUT2D eigenvalue weighted by Gasteiger charge is 2.21. The number of piperidine rings is 1. The number of carbonyl (C=O) groups is 1. The average molecular weight is 229 g/mol. The summed E-state index contributed by atoms with van der Waals surface area (Å²) < 4.78 is 5.44. The van der Waals surface area contributed by atoms with Crippen LogP contribution >= 0.6 is 0 Å².